The van der Waals surface area contributed by atoms with Crippen LogP contribution in [0, 0.1) is 0 Å². The Kier molecular flexibility index (Phi) is 3.92. The van der Waals surface area contributed by atoms with Gasteiger partial charge in [0.25, 0.3) is 0 Å². The van der Waals surface area contributed by atoms with E-state index in [2.05, 4.69) is 28.5 Å². The minimum Gasteiger partial charge on any atom is -0.373 e. The first-order valence-corrected chi connectivity index (χ1v) is 7.60. The first kappa shape index (κ1) is 13.4. The highest BCUT2D eigenvalue weighted by Crippen LogP contribution is 2.25. The maximum absolute atomic E-state index is 12.2. The minimum absolute atomic E-state index is 0.113. The summed E-state index contributed by atoms with van der Waals surface area (Å²) in [7, 11) is 0. The number of carbonyl (C=O) groups is 1. The van der Waals surface area contributed by atoms with Crippen molar-refractivity contribution in [3.63, 3.8) is 0 Å². The molecule has 1 aromatic carbocycles. The van der Waals surface area contributed by atoms with Crippen LogP contribution >= 0.6 is 0 Å². The molecule has 3 rings (SSSR count). The van der Waals surface area contributed by atoms with Gasteiger partial charge in [-0.1, -0.05) is 18.2 Å². The van der Waals surface area contributed by atoms with Gasteiger partial charge in [-0.25, -0.2) is 0 Å². The first-order chi connectivity index (χ1) is 9.74. The van der Waals surface area contributed by atoms with Gasteiger partial charge in [-0.05, 0) is 44.5 Å². The van der Waals surface area contributed by atoms with E-state index in [0.29, 0.717) is 6.04 Å². The van der Waals surface area contributed by atoms with Crippen LogP contribution in [-0.4, -0.2) is 42.5 Å². The number of anilines is 1. The molecule has 0 spiro atoms. The summed E-state index contributed by atoms with van der Waals surface area (Å²) in [4.78, 5) is 14.7. The third-order valence-corrected chi connectivity index (χ3v) is 4.42. The molecule has 1 fully saturated rings. The van der Waals surface area contributed by atoms with E-state index in [0.717, 1.165) is 18.7 Å². The van der Waals surface area contributed by atoms with E-state index in [1.165, 1.54) is 31.5 Å². The van der Waals surface area contributed by atoms with E-state index in [9.17, 15) is 4.79 Å². The smallest absolute Gasteiger partial charge is 0.242 e. The Morgan fingerprint density at radius 2 is 2.15 bits per heavy atom. The van der Waals surface area contributed by atoms with Crippen LogP contribution in [0.2, 0.25) is 0 Å². The highest BCUT2D eigenvalue weighted by molar-refractivity contribution is 5.87. The van der Waals surface area contributed by atoms with E-state index in [1.807, 2.05) is 18.2 Å². The molecule has 0 aliphatic carbocycles. The van der Waals surface area contributed by atoms with Gasteiger partial charge in [0.1, 0.15) is 6.04 Å². The first-order valence-electron chi connectivity index (χ1n) is 7.60. The predicted octanol–water partition coefficient (Wildman–Crippen LogP) is 1.62. The zero-order valence-corrected chi connectivity index (χ0v) is 12.1. The second kappa shape index (κ2) is 5.83. The Morgan fingerprint density at radius 1 is 1.40 bits per heavy atom. The number of hydrogen-bond donors (Lipinski definition) is 2. The van der Waals surface area contributed by atoms with E-state index in [-0.39, 0.29) is 11.9 Å². The number of likely N-dealkylation sites (tertiary alicyclic amines) is 1. The van der Waals surface area contributed by atoms with Crippen molar-refractivity contribution in [1.82, 2.24) is 10.2 Å². The molecular formula is C16H23N3O. The number of hydrogen-bond acceptors (Lipinski definition) is 3. The molecule has 0 radical (unpaired) electrons. The van der Waals surface area contributed by atoms with Gasteiger partial charge < -0.3 is 10.6 Å². The summed E-state index contributed by atoms with van der Waals surface area (Å²) in [6.45, 7) is 5.28. The number of nitrogens with one attached hydrogen (secondary N) is 2. The molecule has 2 aliphatic rings. The fourth-order valence-electron chi connectivity index (χ4n) is 3.14. The normalized spacial score (nSPS) is 23.1. The summed E-state index contributed by atoms with van der Waals surface area (Å²) in [5.41, 5.74) is 2.33. The Labute approximate surface area is 120 Å². The molecule has 0 saturated carbocycles. The maximum Gasteiger partial charge on any atom is 0.242 e. The van der Waals surface area contributed by atoms with Gasteiger partial charge in [-0.2, -0.15) is 0 Å². The van der Waals surface area contributed by atoms with Crippen LogP contribution in [0.25, 0.3) is 0 Å². The van der Waals surface area contributed by atoms with E-state index >= 15 is 0 Å². The molecule has 20 heavy (non-hydrogen) atoms. The monoisotopic (exact) mass is 273 g/mol. The van der Waals surface area contributed by atoms with Crippen molar-refractivity contribution < 1.29 is 4.79 Å². The quantitative estimate of drug-likeness (QED) is 0.876. The molecule has 2 N–H and O–H groups in total. The molecule has 0 aromatic heterocycles. The molecule has 1 saturated heterocycles. The fourth-order valence-corrected chi connectivity index (χ4v) is 3.14. The lowest BCUT2D eigenvalue weighted by Crippen LogP contribution is -2.45. The van der Waals surface area contributed by atoms with Crippen LogP contribution in [0.5, 0.6) is 0 Å². The lowest BCUT2D eigenvalue weighted by molar-refractivity contribution is -0.121. The highest BCUT2D eigenvalue weighted by atomic mass is 16.2. The van der Waals surface area contributed by atoms with Crippen LogP contribution in [0.15, 0.2) is 24.3 Å². The third-order valence-electron chi connectivity index (χ3n) is 4.42. The SMILES string of the molecule is CC(CNC(=O)[C@@H]1Cc2ccccc2N1)N1CCCC1. The molecule has 4 heteroatoms. The average Bonchev–Trinajstić information content (AvgIpc) is 3.12. The number of benzene rings is 1. The molecule has 1 unspecified atom stereocenters. The minimum atomic E-state index is -0.113. The predicted molar refractivity (Wildman–Crippen MR) is 80.8 cm³/mol. The standard InChI is InChI=1S/C16H23N3O/c1-12(19-8-4-5-9-19)11-17-16(20)15-10-13-6-2-3-7-14(13)18-15/h2-3,6-7,12,15,18H,4-5,8-11H2,1H3,(H,17,20)/t12?,15-/m0/s1. The lowest BCUT2D eigenvalue weighted by atomic mass is 10.1. The van der Waals surface area contributed by atoms with Crippen molar-refractivity contribution in [2.75, 3.05) is 25.0 Å². The molecule has 2 heterocycles. The van der Waals surface area contributed by atoms with Crippen LogP contribution in [0.3, 0.4) is 0 Å². The number of amides is 1. The van der Waals surface area contributed by atoms with Crippen LogP contribution in [0.1, 0.15) is 25.3 Å². The van der Waals surface area contributed by atoms with Crippen LogP contribution in [0.4, 0.5) is 5.69 Å². The van der Waals surface area contributed by atoms with Crippen molar-refractivity contribution >= 4 is 11.6 Å². The summed E-state index contributed by atoms with van der Waals surface area (Å²) < 4.78 is 0. The molecular weight excluding hydrogens is 250 g/mol. The van der Waals surface area contributed by atoms with Crippen molar-refractivity contribution in [3.8, 4) is 0 Å². The number of nitrogens with zero attached hydrogens (tertiary/aromatic N) is 1. The molecule has 2 atom stereocenters. The molecule has 108 valence electrons. The second-order valence-corrected chi connectivity index (χ2v) is 5.90. The molecule has 4 nitrogen and oxygen atoms in total. The Balaban J connectivity index is 1.48. The largest absolute Gasteiger partial charge is 0.373 e. The summed E-state index contributed by atoms with van der Waals surface area (Å²) in [5, 5.41) is 6.39. The summed E-state index contributed by atoms with van der Waals surface area (Å²) in [6, 6.07) is 8.47. The second-order valence-electron chi connectivity index (χ2n) is 5.90. The molecule has 1 amide bonds. The zero-order valence-electron chi connectivity index (χ0n) is 12.1. The van der Waals surface area contributed by atoms with Gasteiger partial charge in [0, 0.05) is 24.7 Å². The number of para-hydroxylation sites is 1. The van der Waals surface area contributed by atoms with Crippen LogP contribution in [-0.2, 0) is 11.2 Å². The molecule has 0 bridgehead atoms. The van der Waals surface area contributed by atoms with Crippen molar-refractivity contribution in [2.24, 2.45) is 0 Å². The summed E-state index contributed by atoms with van der Waals surface area (Å²) >= 11 is 0. The lowest BCUT2D eigenvalue weighted by Gasteiger charge is -2.24. The third kappa shape index (κ3) is 2.80. The molecule has 2 aliphatic heterocycles. The van der Waals surface area contributed by atoms with Crippen molar-refractivity contribution in [1.29, 1.82) is 0 Å². The Bertz CT molecular complexity index is 457. The van der Waals surface area contributed by atoms with Crippen molar-refractivity contribution in [2.45, 2.75) is 38.3 Å². The zero-order chi connectivity index (χ0) is 13.9. The van der Waals surface area contributed by atoms with Gasteiger partial charge in [0.05, 0.1) is 0 Å². The van der Waals surface area contributed by atoms with Gasteiger partial charge >= 0.3 is 0 Å². The fraction of sp³-hybridized carbons (Fsp3) is 0.562. The van der Waals surface area contributed by atoms with E-state index in [1.54, 1.807) is 0 Å². The maximum atomic E-state index is 12.2. The average molecular weight is 273 g/mol. The summed E-state index contributed by atoms with van der Waals surface area (Å²) in [5.74, 6) is 0.118. The van der Waals surface area contributed by atoms with E-state index < -0.39 is 0 Å². The number of carbonyl (C=O) groups excluding carboxylic acids is 1. The Morgan fingerprint density at radius 3 is 2.90 bits per heavy atom. The number of rotatable bonds is 4. The van der Waals surface area contributed by atoms with Gasteiger partial charge in [0.2, 0.25) is 5.91 Å². The number of fused-ring (bicyclic) bond motifs is 1. The van der Waals surface area contributed by atoms with Gasteiger partial charge in [-0.3, -0.25) is 9.69 Å². The Hall–Kier alpha value is -1.55. The van der Waals surface area contributed by atoms with Crippen LogP contribution < -0.4 is 10.6 Å². The highest BCUT2D eigenvalue weighted by Gasteiger charge is 2.27. The van der Waals surface area contributed by atoms with Gasteiger partial charge in [0.15, 0.2) is 0 Å². The van der Waals surface area contributed by atoms with E-state index in [4.69, 9.17) is 0 Å². The van der Waals surface area contributed by atoms with Crippen molar-refractivity contribution in [3.05, 3.63) is 29.8 Å². The topological polar surface area (TPSA) is 44.4 Å². The molecule has 1 aromatic rings. The van der Waals surface area contributed by atoms with Gasteiger partial charge in [-0.15, -0.1) is 0 Å². The summed E-state index contributed by atoms with van der Waals surface area (Å²) in [6.07, 6.45) is 3.37.